The third-order valence-electron chi connectivity index (χ3n) is 7.09. The highest BCUT2D eigenvalue weighted by atomic mass is 16.5. The Hall–Kier alpha value is -2.16. The number of ketones is 1. The van der Waals surface area contributed by atoms with E-state index in [1.807, 2.05) is 30.3 Å². The lowest BCUT2D eigenvalue weighted by atomic mass is 9.56. The zero-order valence-electron chi connectivity index (χ0n) is 20.3. The number of carbonyl (C=O) groups is 2. The third kappa shape index (κ3) is 4.42. The number of ether oxygens (including phenoxy) is 1. The molecule has 3 heteroatoms. The zero-order valence-corrected chi connectivity index (χ0v) is 20.3. The van der Waals surface area contributed by atoms with Crippen molar-refractivity contribution in [1.29, 1.82) is 0 Å². The molecule has 0 aromatic heterocycles. The molecule has 2 aliphatic rings. The summed E-state index contributed by atoms with van der Waals surface area (Å²) in [6.45, 7) is 14.9. The molecule has 1 aromatic carbocycles. The predicted octanol–water partition coefficient (Wildman–Crippen LogP) is 6.82. The van der Waals surface area contributed by atoms with Gasteiger partial charge in [-0.05, 0) is 29.2 Å². The van der Waals surface area contributed by atoms with Crippen LogP contribution in [-0.4, -0.2) is 11.8 Å². The third-order valence-corrected chi connectivity index (χ3v) is 7.09. The maximum Gasteiger partial charge on any atom is 0.313 e. The van der Waals surface area contributed by atoms with Crippen LogP contribution < -0.4 is 0 Å². The first-order chi connectivity index (χ1) is 14.3. The second-order valence-electron chi connectivity index (χ2n) is 11.6. The number of carbonyl (C=O) groups excluding carboxylic acids is 2. The molecule has 2 aliphatic carbocycles. The van der Waals surface area contributed by atoms with Gasteiger partial charge in [-0.25, -0.2) is 0 Å². The van der Waals surface area contributed by atoms with E-state index in [2.05, 4.69) is 60.6 Å². The number of hydrogen-bond donors (Lipinski definition) is 0. The SMILES string of the molecule is CC(C)(C)C1=CC(C)(C2(C(=O)OCc3ccccc3)CCCC2)C=C(C(C)(C)C)C1=O. The van der Waals surface area contributed by atoms with E-state index in [9.17, 15) is 9.59 Å². The average Bonchev–Trinajstić information content (AvgIpc) is 3.19. The second kappa shape index (κ2) is 8.07. The summed E-state index contributed by atoms with van der Waals surface area (Å²) in [5.74, 6) is -0.0250. The Bertz CT molecular complexity index is 864. The molecule has 0 bridgehead atoms. The van der Waals surface area contributed by atoms with Crippen molar-refractivity contribution in [3.8, 4) is 0 Å². The molecule has 0 amide bonds. The Kier molecular flexibility index (Phi) is 6.12. The maximum atomic E-state index is 13.7. The number of Topliss-reactive ketones (excluding diaryl/α,β-unsaturated/α-hetero) is 1. The number of esters is 1. The van der Waals surface area contributed by atoms with E-state index in [0.29, 0.717) is 0 Å². The van der Waals surface area contributed by atoms with E-state index in [1.54, 1.807) is 0 Å². The van der Waals surface area contributed by atoms with E-state index in [0.717, 1.165) is 42.4 Å². The second-order valence-corrected chi connectivity index (χ2v) is 11.6. The summed E-state index contributed by atoms with van der Waals surface area (Å²) in [6.07, 6.45) is 7.77. The van der Waals surface area contributed by atoms with Crippen LogP contribution in [0.5, 0.6) is 0 Å². The average molecular weight is 423 g/mol. The van der Waals surface area contributed by atoms with Crippen molar-refractivity contribution in [3.63, 3.8) is 0 Å². The highest BCUT2D eigenvalue weighted by Crippen LogP contribution is 2.58. The number of benzene rings is 1. The topological polar surface area (TPSA) is 43.4 Å². The van der Waals surface area contributed by atoms with Crippen LogP contribution in [-0.2, 0) is 20.9 Å². The van der Waals surface area contributed by atoms with Crippen LogP contribution in [0.2, 0.25) is 0 Å². The van der Waals surface area contributed by atoms with Crippen LogP contribution in [0.1, 0.15) is 79.7 Å². The van der Waals surface area contributed by atoms with Gasteiger partial charge in [0.05, 0.1) is 5.41 Å². The maximum absolute atomic E-state index is 13.7. The minimum absolute atomic E-state index is 0.114. The minimum atomic E-state index is -0.643. The quantitative estimate of drug-likeness (QED) is 0.500. The highest BCUT2D eigenvalue weighted by Gasteiger charge is 2.56. The fraction of sp³-hybridized carbons (Fsp3) is 0.571. The van der Waals surface area contributed by atoms with Gasteiger partial charge in [0.15, 0.2) is 5.78 Å². The summed E-state index contributed by atoms with van der Waals surface area (Å²) in [4.78, 5) is 27.1. The molecule has 0 N–H and O–H groups in total. The van der Waals surface area contributed by atoms with Crippen molar-refractivity contribution >= 4 is 11.8 Å². The van der Waals surface area contributed by atoms with E-state index in [1.165, 1.54) is 0 Å². The van der Waals surface area contributed by atoms with Gasteiger partial charge in [-0.1, -0.05) is 104 Å². The van der Waals surface area contributed by atoms with Gasteiger partial charge in [-0.3, -0.25) is 9.59 Å². The van der Waals surface area contributed by atoms with Gasteiger partial charge in [0.1, 0.15) is 6.61 Å². The van der Waals surface area contributed by atoms with Crippen LogP contribution in [0.4, 0.5) is 0 Å². The Morgan fingerprint density at radius 3 is 1.84 bits per heavy atom. The van der Waals surface area contributed by atoms with E-state index in [-0.39, 0.29) is 29.2 Å². The van der Waals surface area contributed by atoms with Crippen LogP contribution in [0.15, 0.2) is 53.6 Å². The summed E-state index contributed by atoms with van der Waals surface area (Å²) < 4.78 is 5.92. The normalized spacial score (nSPS) is 20.8. The summed E-state index contributed by atoms with van der Waals surface area (Å²) >= 11 is 0. The molecule has 0 heterocycles. The number of rotatable bonds is 4. The van der Waals surface area contributed by atoms with E-state index in [4.69, 9.17) is 4.74 Å². The molecule has 0 atom stereocenters. The monoisotopic (exact) mass is 422 g/mol. The van der Waals surface area contributed by atoms with E-state index < -0.39 is 10.8 Å². The molecule has 0 unspecified atom stereocenters. The Labute approximate surface area is 188 Å². The fourth-order valence-corrected chi connectivity index (χ4v) is 5.11. The Morgan fingerprint density at radius 2 is 1.39 bits per heavy atom. The molecule has 168 valence electrons. The lowest BCUT2D eigenvalue weighted by Crippen LogP contribution is -2.46. The molecule has 0 spiro atoms. The first-order valence-corrected chi connectivity index (χ1v) is 11.5. The van der Waals surface area contributed by atoms with Crippen molar-refractivity contribution in [2.24, 2.45) is 21.7 Å². The largest absolute Gasteiger partial charge is 0.460 e. The molecule has 0 aliphatic heterocycles. The highest BCUT2D eigenvalue weighted by molar-refractivity contribution is 6.11. The lowest BCUT2D eigenvalue weighted by Gasteiger charge is -2.46. The molecular formula is C28H38O3. The van der Waals surface area contributed by atoms with Crippen molar-refractivity contribution in [3.05, 3.63) is 59.2 Å². The summed E-state index contributed by atoms with van der Waals surface area (Å²) in [6, 6.07) is 9.83. The molecular weight excluding hydrogens is 384 g/mol. The van der Waals surface area contributed by atoms with Gasteiger partial charge in [0, 0.05) is 16.6 Å². The lowest BCUT2D eigenvalue weighted by molar-refractivity contribution is -0.162. The van der Waals surface area contributed by atoms with E-state index >= 15 is 0 Å². The molecule has 1 fully saturated rings. The van der Waals surface area contributed by atoms with Crippen LogP contribution in [0, 0.1) is 21.7 Å². The first kappa shape index (κ1) is 23.5. The van der Waals surface area contributed by atoms with Crippen molar-refractivity contribution in [2.45, 2.75) is 80.8 Å². The van der Waals surface area contributed by atoms with Crippen molar-refractivity contribution in [2.75, 3.05) is 0 Å². The van der Waals surface area contributed by atoms with Crippen molar-refractivity contribution < 1.29 is 14.3 Å². The fourth-order valence-electron chi connectivity index (χ4n) is 5.11. The predicted molar refractivity (Wildman–Crippen MR) is 125 cm³/mol. The number of hydrogen-bond acceptors (Lipinski definition) is 3. The van der Waals surface area contributed by atoms with Crippen molar-refractivity contribution in [1.82, 2.24) is 0 Å². The van der Waals surface area contributed by atoms with Gasteiger partial charge in [-0.15, -0.1) is 0 Å². The molecule has 1 saturated carbocycles. The molecule has 31 heavy (non-hydrogen) atoms. The molecule has 3 rings (SSSR count). The van der Waals surface area contributed by atoms with Gasteiger partial charge in [0.25, 0.3) is 0 Å². The molecule has 0 saturated heterocycles. The van der Waals surface area contributed by atoms with Crippen LogP contribution >= 0.6 is 0 Å². The molecule has 1 aromatic rings. The zero-order chi connectivity index (χ0) is 23.1. The summed E-state index contributed by atoms with van der Waals surface area (Å²) in [7, 11) is 0. The van der Waals surface area contributed by atoms with Gasteiger partial charge in [-0.2, -0.15) is 0 Å². The van der Waals surface area contributed by atoms with Crippen LogP contribution in [0.25, 0.3) is 0 Å². The molecule has 0 radical (unpaired) electrons. The van der Waals surface area contributed by atoms with Crippen LogP contribution in [0.3, 0.4) is 0 Å². The Morgan fingerprint density at radius 1 is 0.903 bits per heavy atom. The van der Waals surface area contributed by atoms with Gasteiger partial charge >= 0.3 is 5.97 Å². The number of allylic oxidation sites excluding steroid dienone is 4. The standard InChI is InChI=1S/C28H38O3/c1-25(2,3)21-17-27(7,18-22(23(21)29)26(4,5)6)28(15-11-12-16-28)24(30)31-19-20-13-9-8-10-14-20/h8-10,13-14,17-18H,11-12,15-16,19H2,1-7H3. The summed E-state index contributed by atoms with van der Waals surface area (Å²) in [5.41, 5.74) is 0.818. The smallest absolute Gasteiger partial charge is 0.313 e. The Balaban J connectivity index is 2.06. The minimum Gasteiger partial charge on any atom is -0.460 e. The molecule has 3 nitrogen and oxygen atoms in total. The van der Waals surface area contributed by atoms with Gasteiger partial charge in [0.2, 0.25) is 0 Å². The van der Waals surface area contributed by atoms with Gasteiger partial charge < -0.3 is 4.74 Å². The first-order valence-electron chi connectivity index (χ1n) is 11.5. The summed E-state index contributed by atoms with van der Waals surface area (Å²) in [5, 5.41) is 0.